The minimum Gasteiger partial charge on any atom is -0.459 e. The SMILES string of the molecule is O=C(OC1CCNC1)C(O)(C1C=CC=CC1)C1CCCC1. The molecule has 0 radical (unpaired) electrons. The highest BCUT2D eigenvalue weighted by atomic mass is 16.6. The van der Waals surface area contributed by atoms with Crippen LogP contribution >= 0.6 is 0 Å². The van der Waals surface area contributed by atoms with Crippen LogP contribution in [0.25, 0.3) is 0 Å². The maximum absolute atomic E-state index is 12.7. The van der Waals surface area contributed by atoms with Crippen LogP contribution in [-0.4, -0.2) is 35.9 Å². The van der Waals surface area contributed by atoms with Crippen molar-refractivity contribution >= 4 is 5.97 Å². The molecule has 1 aliphatic heterocycles. The molecule has 2 aliphatic carbocycles. The van der Waals surface area contributed by atoms with Gasteiger partial charge in [0.25, 0.3) is 0 Å². The average molecular weight is 291 g/mol. The number of hydrogen-bond acceptors (Lipinski definition) is 4. The largest absolute Gasteiger partial charge is 0.459 e. The van der Waals surface area contributed by atoms with Crippen molar-refractivity contribution < 1.29 is 14.6 Å². The first-order chi connectivity index (χ1) is 10.2. The molecule has 1 heterocycles. The zero-order chi connectivity index (χ0) is 14.7. The van der Waals surface area contributed by atoms with E-state index in [4.69, 9.17) is 4.74 Å². The summed E-state index contributed by atoms with van der Waals surface area (Å²) in [6, 6.07) is 0. The standard InChI is InChI=1S/C17H25NO3/c19-16(21-15-10-11-18-12-15)17(20,14-8-4-5-9-14)13-6-2-1-3-7-13/h1-3,6,13-15,18,20H,4-5,7-12H2. The Kier molecular flexibility index (Phi) is 4.45. The third-order valence-electron chi connectivity index (χ3n) is 5.14. The Bertz CT molecular complexity index is 433. The molecule has 0 spiro atoms. The number of carbonyl (C=O) groups excluding carboxylic acids is 1. The van der Waals surface area contributed by atoms with Crippen molar-refractivity contribution in [2.75, 3.05) is 13.1 Å². The van der Waals surface area contributed by atoms with Gasteiger partial charge in [-0.3, -0.25) is 0 Å². The topological polar surface area (TPSA) is 58.6 Å². The van der Waals surface area contributed by atoms with Gasteiger partial charge in [0.15, 0.2) is 5.60 Å². The van der Waals surface area contributed by atoms with Crippen LogP contribution in [0.5, 0.6) is 0 Å². The molecule has 2 fully saturated rings. The lowest BCUT2D eigenvalue weighted by molar-refractivity contribution is -0.182. The minimum atomic E-state index is -1.36. The Morgan fingerprint density at radius 3 is 2.67 bits per heavy atom. The zero-order valence-corrected chi connectivity index (χ0v) is 12.5. The van der Waals surface area contributed by atoms with Crippen molar-refractivity contribution in [3.8, 4) is 0 Å². The van der Waals surface area contributed by atoms with Crippen molar-refractivity contribution in [2.45, 2.75) is 50.2 Å². The lowest BCUT2D eigenvalue weighted by Crippen LogP contribution is -2.53. The summed E-state index contributed by atoms with van der Waals surface area (Å²) in [5.74, 6) is -0.541. The molecule has 0 aromatic rings. The molecule has 0 aromatic heterocycles. The van der Waals surface area contributed by atoms with Crippen molar-refractivity contribution in [2.24, 2.45) is 11.8 Å². The van der Waals surface area contributed by atoms with Crippen LogP contribution in [-0.2, 0) is 9.53 Å². The van der Waals surface area contributed by atoms with Crippen molar-refractivity contribution in [3.05, 3.63) is 24.3 Å². The average Bonchev–Trinajstić information content (AvgIpc) is 3.20. The van der Waals surface area contributed by atoms with Crippen LogP contribution in [0, 0.1) is 11.8 Å². The van der Waals surface area contributed by atoms with E-state index in [2.05, 4.69) is 5.32 Å². The molecule has 1 saturated heterocycles. The monoisotopic (exact) mass is 291 g/mol. The maximum atomic E-state index is 12.7. The Balaban J connectivity index is 1.78. The normalized spacial score (nSPS) is 32.2. The number of hydrogen-bond donors (Lipinski definition) is 2. The number of ether oxygens (including phenoxy) is 1. The van der Waals surface area contributed by atoms with E-state index in [1.807, 2.05) is 24.3 Å². The third-order valence-corrected chi connectivity index (χ3v) is 5.14. The molecular formula is C17H25NO3. The summed E-state index contributed by atoms with van der Waals surface area (Å²) in [6.07, 6.45) is 13.4. The van der Waals surface area contributed by atoms with E-state index in [-0.39, 0.29) is 17.9 Å². The van der Waals surface area contributed by atoms with Gasteiger partial charge in [0.2, 0.25) is 0 Å². The van der Waals surface area contributed by atoms with Gasteiger partial charge in [-0.1, -0.05) is 37.1 Å². The van der Waals surface area contributed by atoms with Gasteiger partial charge < -0.3 is 15.2 Å². The van der Waals surface area contributed by atoms with Crippen LogP contribution in [0.15, 0.2) is 24.3 Å². The third kappa shape index (κ3) is 2.92. The molecule has 3 unspecified atom stereocenters. The van der Waals surface area contributed by atoms with Crippen molar-refractivity contribution in [1.82, 2.24) is 5.32 Å². The first-order valence-electron chi connectivity index (χ1n) is 8.18. The molecule has 0 aromatic carbocycles. The number of aliphatic hydroxyl groups is 1. The van der Waals surface area contributed by atoms with Crippen LogP contribution in [0.2, 0.25) is 0 Å². The lowest BCUT2D eigenvalue weighted by Gasteiger charge is -2.38. The molecule has 0 amide bonds. The summed E-state index contributed by atoms with van der Waals surface area (Å²) in [4.78, 5) is 12.7. The summed E-state index contributed by atoms with van der Waals surface area (Å²) < 4.78 is 5.63. The molecule has 116 valence electrons. The van der Waals surface area contributed by atoms with Crippen LogP contribution in [0.1, 0.15) is 38.5 Å². The number of nitrogens with one attached hydrogen (secondary N) is 1. The maximum Gasteiger partial charge on any atom is 0.339 e. The number of rotatable bonds is 4. The summed E-state index contributed by atoms with van der Waals surface area (Å²) >= 11 is 0. The van der Waals surface area contributed by atoms with Gasteiger partial charge in [-0.25, -0.2) is 4.79 Å². The summed E-state index contributed by atoms with van der Waals surface area (Å²) in [5, 5.41) is 14.5. The van der Waals surface area contributed by atoms with E-state index in [0.29, 0.717) is 13.0 Å². The van der Waals surface area contributed by atoms with Crippen LogP contribution in [0.4, 0.5) is 0 Å². The minimum absolute atomic E-state index is 0.0283. The molecule has 4 nitrogen and oxygen atoms in total. The highest BCUT2D eigenvalue weighted by Crippen LogP contribution is 2.42. The van der Waals surface area contributed by atoms with Crippen LogP contribution in [0.3, 0.4) is 0 Å². The van der Waals surface area contributed by atoms with E-state index < -0.39 is 11.6 Å². The number of allylic oxidation sites excluding steroid dienone is 3. The smallest absolute Gasteiger partial charge is 0.339 e. The molecule has 2 N–H and O–H groups in total. The first kappa shape index (κ1) is 14.8. The quantitative estimate of drug-likeness (QED) is 0.777. The summed E-state index contributed by atoms with van der Waals surface area (Å²) in [6.45, 7) is 1.58. The Hall–Kier alpha value is -1.13. The Morgan fingerprint density at radius 1 is 1.24 bits per heavy atom. The van der Waals surface area contributed by atoms with Gasteiger partial charge in [-0.2, -0.15) is 0 Å². The van der Waals surface area contributed by atoms with Crippen molar-refractivity contribution in [3.63, 3.8) is 0 Å². The second-order valence-electron chi connectivity index (χ2n) is 6.48. The Labute approximate surface area is 126 Å². The second kappa shape index (κ2) is 6.32. The highest BCUT2D eigenvalue weighted by molar-refractivity contribution is 5.81. The molecule has 4 heteroatoms. The van der Waals surface area contributed by atoms with Gasteiger partial charge in [-0.15, -0.1) is 0 Å². The Morgan fingerprint density at radius 2 is 2.05 bits per heavy atom. The summed E-state index contributed by atoms with van der Waals surface area (Å²) in [7, 11) is 0. The molecular weight excluding hydrogens is 266 g/mol. The predicted molar refractivity (Wildman–Crippen MR) is 80.7 cm³/mol. The number of carbonyl (C=O) groups is 1. The fourth-order valence-corrected chi connectivity index (χ4v) is 3.87. The van der Waals surface area contributed by atoms with Gasteiger partial charge in [0.05, 0.1) is 0 Å². The molecule has 3 rings (SSSR count). The van der Waals surface area contributed by atoms with Gasteiger partial charge in [-0.05, 0) is 38.1 Å². The van der Waals surface area contributed by atoms with E-state index in [9.17, 15) is 9.90 Å². The molecule has 3 aliphatic rings. The van der Waals surface area contributed by atoms with Crippen LogP contribution < -0.4 is 5.32 Å². The summed E-state index contributed by atoms with van der Waals surface area (Å²) in [5.41, 5.74) is -1.36. The second-order valence-corrected chi connectivity index (χ2v) is 6.48. The van der Waals surface area contributed by atoms with Gasteiger partial charge >= 0.3 is 5.97 Å². The fraction of sp³-hybridized carbons (Fsp3) is 0.706. The van der Waals surface area contributed by atoms with E-state index in [1.54, 1.807) is 0 Å². The lowest BCUT2D eigenvalue weighted by atomic mass is 9.73. The molecule has 1 saturated carbocycles. The van der Waals surface area contributed by atoms with Gasteiger partial charge in [0, 0.05) is 12.5 Å². The zero-order valence-electron chi connectivity index (χ0n) is 12.5. The fourth-order valence-electron chi connectivity index (χ4n) is 3.87. The highest BCUT2D eigenvalue weighted by Gasteiger charge is 2.51. The molecule has 21 heavy (non-hydrogen) atoms. The van der Waals surface area contributed by atoms with E-state index in [0.717, 1.165) is 38.6 Å². The first-order valence-corrected chi connectivity index (χ1v) is 8.18. The molecule has 0 bridgehead atoms. The van der Waals surface area contributed by atoms with Gasteiger partial charge in [0.1, 0.15) is 6.10 Å². The predicted octanol–water partition coefficient (Wildman–Crippen LogP) is 1.95. The van der Waals surface area contributed by atoms with E-state index >= 15 is 0 Å². The van der Waals surface area contributed by atoms with E-state index in [1.165, 1.54) is 0 Å². The molecule has 3 atom stereocenters. The number of esters is 1. The van der Waals surface area contributed by atoms with Crippen molar-refractivity contribution in [1.29, 1.82) is 0 Å².